The first-order valence-electron chi connectivity index (χ1n) is 7.85. The summed E-state index contributed by atoms with van der Waals surface area (Å²) in [6.07, 6.45) is 3.77. The van der Waals surface area contributed by atoms with Crippen molar-refractivity contribution in [2.75, 3.05) is 37.0 Å². The number of rotatable bonds is 3. The Balaban J connectivity index is 1.86. The van der Waals surface area contributed by atoms with Crippen molar-refractivity contribution in [1.29, 1.82) is 0 Å². The number of nitrogens with zero attached hydrogens (tertiary/aromatic N) is 3. The second-order valence-corrected chi connectivity index (χ2v) is 6.23. The maximum atomic E-state index is 5.99. The summed E-state index contributed by atoms with van der Waals surface area (Å²) in [5.41, 5.74) is 0. The molecule has 2 aliphatic heterocycles. The molecule has 2 aliphatic rings. The molecule has 21 heavy (non-hydrogen) atoms. The summed E-state index contributed by atoms with van der Waals surface area (Å²) >= 11 is 0. The van der Waals surface area contributed by atoms with Crippen LogP contribution in [0.4, 0.5) is 11.6 Å². The molecule has 0 bridgehead atoms. The molecule has 2 atom stereocenters. The van der Waals surface area contributed by atoms with Crippen LogP contribution in [-0.2, 0) is 0 Å². The Labute approximate surface area is 126 Å². The SMILES string of the molecule is CN[C@@H]1CCN(c2ncnc3c2OCC[C@H](C(C)C)N3)C1. The minimum atomic E-state index is 0.401. The van der Waals surface area contributed by atoms with Gasteiger partial charge in [0.1, 0.15) is 6.33 Å². The van der Waals surface area contributed by atoms with Crippen molar-refractivity contribution in [3.05, 3.63) is 6.33 Å². The predicted octanol–water partition coefficient (Wildman–Crippen LogP) is 1.49. The zero-order valence-electron chi connectivity index (χ0n) is 13.1. The number of hydrogen-bond acceptors (Lipinski definition) is 6. The molecule has 6 nitrogen and oxygen atoms in total. The lowest BCUT2D eigenvalue weighted by Gasteiger charge is -2.22. The van der Waals surface area contributed by atoms with Crippen LogP contribution in [0.3, 0.4) is 0 Å². The van der Waals surface area contributed by atoms with E-state index in [1.165, 1.54) is 0 Å². The molecule has 0 spiro atoms. The molecule has 1 fully saturated rings. The summed E-state index contributed by atoms with van der Waals surface area (Å²) in [6, 6.07) is 0.926. The van der Waals surface area contributed by atoms with Crippen molar-refractivity contribution in [3.8, 4) is 5.75 Å². The minimum absolute atomic E-state index is 0.401. The van der Waals surface area contributed by atoms with Crippen molar-refractivity contribution in [3.63, 3.8) is 0 Å². The molecule has 1 aromatic heterocycles. The standard InChI is InChI=1S/C15H25N5O/c1-10(2)12-5-7-21-13-14(19-12)17-9-18-15(13)20-6-4-11(8-20)16-3/h9-12,16H,4-8H2,1-3H3,(H,17,18,19)/t11-,12-/m1/s1. The summed E-state index contributed by atoms with van der Waals surface area (Å²) in [7, 11) is 2.01. The Morgan fingerprint density at radius 2 is 2.24 bits per heavy atom. The molecular formula is C15H25N5O. The Kier molecular flexibility index (Phi) is 4.14. The van der Waals surface area contributed by atoms with E-state index < -0.39 is 0 Å². The monoisotopic (exact) mass is 291 g/mol. The van der Waals surface area contributed by atoms with Crippen LogP contribution in [0.1, 0.15) is 26.7 Å². The Morgan fingerprint density at radius 3 is 2.95 bits per heavy atom. The zero-order valence-corrected chi connectivity index (χ0v) is 13.1. The van der Waals surface area contributed by atoms with E-state index in [2.05, 4.69) is 39.3 Å². The first kappa shape index (κ1) is 14.4. The average molecular weight is 291 g/mol. The normalized spacial score (nSPS) is 25.2. The number of anilines is 2. The van der Waals surface area contributed by atoms with Gasteiger partial charge in [-0.3, -0.25) is 0 Å². The molecule has 1 aromatic rings. The smallest absolute Gasteiger partial charge is 0.204 e. The van der Waals surface area contributed by atoms with E-state index in [1.807, 2.05) is 7.05 Å². The number of likely N-dealkylation sites (N-methyl/N-ethyl adjacent to an activating group) is 1. The van der Waals surface area contributed by atoms with E-state index in [-0.39, 0.29) is 0 Å². The van der Waals surface area contributed by atoms with Gasteiger partial charge in [-0.2, -0.15) is 0 Å². The van der Waals surface area contributed by atoms with Crippen molar-refractivity contribution in [2.45, 2.75) is 38.8 Å². The number of hydrogen-bond donors (Lipinski definition) is 2. The van der Waals surface area contributed by atoms with Crippen LogP contribution in [-0.4, -0.2) is 48.8 Å². The highest BCUT2D eigenvalue weighted by molar-refractivity contribution is 5.66. The van der Waals surface area contributed by atoms with Crippen LogP contribution in [0.5, 0.6) is 5.75 Å². The van der Waals surface area contributed by atoms with Crippen molar-refractivity contribution in [2.24, 2.45) is 5.92 Å². The van der Waals surface area contributed by atoms with E-state index >= 15 is 0 Å². The van der Waals surface area contributed by atoms with Gasteiger partial charge in [0.05, 0.1) is 6.61 Å². The molecule has 6 heteroatoms. The van der Waals surface area contributed by atoms with Crippen molar-refractivity contribution >= 4 is 11.6 Å². The zero-order chi connectivity index (χ0) is 14.8. The van der Waals surface area contributed by atoms with Gasteiger partial charge in [-0.25, -0.2) is 9.97 Å². The molecule has 0 aliphatic carbocycles. The Bertz CT molecular complexity index is 493. The van der Waals surface area contributed by atoms with Gasteiger partial charge in [0.25, 0.3) is 0 Å². The van der Waals surface area contributed by atoms with Gasteiger partial charge in [-0.05, 0) is 19.4 Å². The molecular weight excluding hydrogens is 266 g/mol. The fourth-order valence-corrected chi connectivity index (χ4v) is 3.05. The van der Waals surface area contributed by atoms with Crippen molar-refractivity contribution in [1.82, 2.24) is 15.3 Å². The molecule has 0 amide bonds. The predicted molar refractivity (Wildman–Crippen MR) is 84.1 cm³/mol. The van der Waals surface area contributed by atoms with E-state index in [1.54, 1.807) is 6.33 Å². The first-order valence-corrected chi connectivity index (χ1v) is 7.85. The van der Waals surface area contributed by atoms with Gasteiger partial charge in [-0.15, -0.1) is 0 Å². The average Bonchev–Trinajstić information content (AvgIpc) is 2.84. The van der Waals surface area contributed by atoms with E-state index in [0.717, 1.165) is 43.3 Å². The second kappa shape index (κ2) is 6.05. The highest BCUT2D eigenvalue weighted by Crippen LogP contribution is 2.36. The van der Waals surface area contributed by atoms with Crippen LogP contribution >= 0.6 is 0 Å². The van der Waals surface area contributed by atoms with Crippen molar-refractivity contribution < 1.29 is 4.74 Å². The Hall–Kier alpha value is -1.56. The number of ether oxygens (including phenoxy) is 1. The van der Waals surface area contributed by atoms with Crippen LogP contribution in [0.2, 0.25) is 0 Å². The van der Waals surface area contributed by atoms with Gasteiger partial charge in [0, 0.05) is 31.6 Å². The molecule has 0 unspecified atom stereocenters. The molecule has 0 saturated carbocycles. The first-order chi connectivity index (χ1) is 10.2. The second-order valence-electron chi connectivity index (χ2n) is 6.23. The summed E-state index contributed by atoms with van der Waals surface area (Å²) in [5, 5.41) is 6.87. The number of nitrogens with one attached hydrogen (secondary N) is 2. The van der Waals surface area contributed by atoms with E-state index in [9.17, 15) is 0 Å². The highest BCUT2D eigenvalue weighted by atomic mass is 16.5. The molecule has 116 valence electrons. The van der Waals surface area contributed by atoms with Crippen LogP contribution < -0.4 is 20.3 Å². The molecule has 3 rings (SSSR count). The fourth-order valence-electron chi connectivity index (χ4n) is 3.05. The van der Waals surface area contributed by atoms with E-state index in [4.69, 9.17) is 4.74 Å². The highest BCUT2D eigenvalue weighted by Gasteiger charge is 2.29. The quantitative estimate of drug-likeness (QED) is 0.880. The molecule has 0 radical (unpaired) electrons. The fraction of sp³-hybridized carbons (Fsp3) is 0.733. The Morgan fingerprint density at radius 1 is 1.38 bits per heavy atom. The van der Waals surface area contributed by atoms with Gasteiger partial charge < -0.3 is 20.3 Å². The summed E-state index contributed by atoms with van der Waals surface area (Å²) in [5.74, 6) is 3.13. The lowest BCUT2D eigenvalue weighted by atomic mass is 10.0. The van der Waals surface area contributed by atoms with Gasteiger partial charge in [-0.1, -0.05) is 13.8 Å². The molecule has 2 N–H and O–H groups in total. The van der Waals surface area contributed by atoms with Gasteiger partial charge >= 0.3 is 0 Å². The third-order valence-corrected chi connectivity index (χ3v) is 4.48. The third kappa shape index (κ3) is 2.90. The topological polar surface area (TPSA) is 62.3 Å². The molecule has 1 saturated heterocycles. The maximum Gasteiger partial charge on any atom is 0.204 e. The maximum absolute atomic E-state index is 5.99. The van der Waals surface area contributed by atoms with Crippen LogP contribution in [0.15, 0.2) is 6.33 Å². The summed E-state index contributed by atoms with van der Waals surface area (Å²) in [4.78, 5) is 11.2. The van der Waals surface area contributed by atoms with Gasteiger partial charge in [0.2, 0.25) is 5.75 Å². The number of aromatic nitrogens is 2. The third-order valence-electron chi connectivity index (χ3n) is 4.48. The molecule has 0 aromatic carbocycles. The van der Waals surface area contributed by atoms with E-state index in [0.29, 0.717) is 24.6 Å². The largest absolute Gasteiger partial charge is 0.486 e. The van der Waals surface area contributed by atoms with Crippen LogP contribution in [0, 0.1) is 5.92 Å². The van der Waals surface area contributed by atoms with Crippen LogP contribution in [0.25, 0.3) is 0 Å². The molecule has 3 heterocycles. The lowest BCUT2D eigenvalue weighted by molar-refractivity contribution is 0.300. The summed E-state index contributed by atoms with van der Waals surface area (Å²) in [6.45, 7) is 7.14. The lowest BCUT2D eigenvalue weighted by Crippen LogP contribution is -2.30. The summed E-state index contributed by atoms with van der Waals surface area (Å²) < 4.78 is 5.99. The number of fused-ring (bicyclic) bond motifs is 1. The van der Waals surface area contributed by atoms with Gasteiger partial charge in [0.15, 0.2) is 11.6 Å². The minimum Gasteiger partial charge on any atom is -0.486 e.